The van der Waals surface area contributed by atoms with Gasteiger partial charge in [-0.15, -0.1) is 0 Å². The van der Waals surface area contributed by atoms with Gasteiger partial charge >= 0.3 is 0 Å². The smallest absolute Gasteiger partial charge is 0.263 e. The monoisotopic (exact) mass is 310 g/mol. The van der Waals surface area contributed by atoms with Crippen LogP contribution in [-0.2, 0) is 21.4 Å². The van der Waals surface area contributed by atoms with E-state index in [0.29, 0.717) is 5.69 Å². The van der Waals surface area contributed by atoms with E-state index in [2.05, 4.69) is 18.4 Å². The number of rotatable bonds is 3. The molecule has 3 rings (SSSR count). The van der Waals surface area contributed by atoms with Crippen molar-refractivity contribution < 1.29 is 12.8 Å². The summed E-state index contributed by atoms with van der Waals surface area (Å²) in [5, 5.41) is 0. The Balaban J connectivity index is 2.02. The van der Waals surface area contributed by atoms with Crippen LogP contribution in [0, 0.1) is 5.95 Å². The van der Waals surface area contributed by atoms with Crippen molar-refractivity contribution in [2.45, 2.75) is 4.90 Å². The van der Waals surface area contributed by atoms with Gasteiger partial charge in [-0.25, -0.2) is 13.4 Å². The zero-order valence-corrected chi connectivity index (χ0v) is 11.4. The summed E-state index contributed by atoms with van der Waals surface area (Å²) >= 11 is 0.924. The molecule has 0 fully saturated rings. The number of pyridine rings is 1. The van der Waals surface area contributed by atoms with E-state index in [4.69, 9.17) is 0 Å². The highest BCUT2D eigenvalue weighted by atomic mass is 32.2. The Morgan fingerprint density at radius 1 is 1.10 bits per heavy atom. The van der Waals surface area contributed by atoms with Gasteiger partial charge in [0.25, 0.3) is 10.0 Å². The van der Waals surface area contributed by atoms with E-state index in [1.54, 1.807) is 12.1 Å². The minimum atomic E-state index is -3.90. The van der Waals surface area contributed by atoms with E-state index in [1.165, 1.54) is 18.2 Å². The molecule has 20 heavy (non-hydrogen) atoms. The molecule has 0 bridgehead atoms. The van der Waals surface area contributed by atoms with Crippen LogP contribution in [0.3, 0.4) is 0 Å². The lowest BCUT2D eigenvalue weighted by Crippen LogP contribution is -2.14. The minimum Gasteiger partial charge on any atom is -0.263 e. The first-order valence-electron chi connectivity index (χ1n) is 5.43. The molecule has 2 aromatic rings. The molecule has 1 aromatic carbocycles. The number of halogens is 1. The molecule has 0 aliphatic carbocycles. The van der Waals surface area contributed by atoms with Gasteiger partial charge in [0.05, 0.1) is 11.4 Å². The lowest BCUT2D eigenvalue weighted by atomic mass is 10.3. The molecule has 0 amide bonds. The first-order chi connectivity index (χ1) is 9.56. The Kier molecular flexibility index (Phi) is 3.07. The van der Waals surface area contributed by atoms with Crippen molar-refractivity contribution in [1.29, 1.82) is 0 Å². The predicted octanol–water partition coefficient (Wildman–Crippen LogP) is 2.75. The van der Waals surface area contributed by atoms with Crippen LogP contribution in [0.1, 0.15) is 0 Å². The van der Waals surface area contributed by atoms with Gasteiger partial charge in [0.2, 0.25) is 5.95 Å². The molecule has 1 aliphatic rings. The highest BCUT2D eigenvalue weighted by Gasteiger charge is 2.22. The average molecular weight is 310 g/mol. The Hall–Kier alpha value is -2.13. The van der Waals surface area contributed by atoms with Crippen LogP contribution in [0.4, 0.5) is 21.6 Å². The van der Waals surface area contributed by atoms with Crippen LogP contribution >= 0.6 is 0 Å². The number of sulfonamides is 1. The zero-order valence-electron chi connectivity index (χ0n) is 9.82. The molecule has 0 radical (unpaired) electrons. The highest BCUT2D eigenvalue weighted by molar-refractivity contribution is 7.93. The van der Waals surface area contributed by atoms with Crippen LogP contribution in [0.5, 0.6) is 0 Å². The standard InChI is InChI=1S/C11H7FN4O2S2/c12-9-5-2-6-10(13-9)16-20(17,18)8-4-1-3-7-11(8)15-19-14-7/h1-6H,(H,13,16). The summed E-state index contributed by atoms with van der Waals surface area (Å²) in [5.74, 6) is -0.857. The summed E-state index contributed by atoms with van der Waals surface area (Å²) in [6.45, 7) is 0. The van der Waals surface area contributed by atoms with Crippen molar-refractivity contribution in [3.8, 4) is 0 Å². The third kappa shape index (κ3) is 2.32. The Bertz CT molecular complexity index is 860. The number of nitrogens with one attached hydrogen (secondary N) is 1. The number of anilines is 1. The normalized spacial score (nSPS) is 12.8. The summed E-state index contributed by atoms with van der Waals surface area (Å²) in [5.41, 5.74) is 0.770. The van der Waals surface area contributed by atoms with Gasteiger partial charge in [0.1, 0.15) is 22.1 Å². The van der Waals surface area contributed by atoms with Crippen LogP contribution in [-0.4, -0.2) is 13.4 Å². The molecule has 0 spiro atoms. The van der Waals surface area contributed by atoms with Gasteiger partial charge in [-0.1, -0.05) is 12.1 Å². The van der Waals surface area contributed by atoms with Crippen LogP contribution < -0.4 is 4.72 Å². The third-order valence-corrected chi connectivity index (χ3v) is 4.42. The maximum Gasteiger partial charge on any atom is 0.265 e. The first kappa shape index (κ1) is 12.9. The van der Waals surface area contributed by atoms with E-state index < -0.39 is 16.0 Å². The molecule has 1 aliphatic heterocycles. The molecule has 0 atom stereocenters. The Morgan fingerprint density at radius 3 is 2.70 bits per heavy atom. The van der Waals surface area contributed by atoms with E-state index >= 15 is 0 Å². The predicted molar refractivity (Wildman–Crippen MR) is 73.0 cm³/mol. The van der Waals surface area contributed by atoms with Gasteiger partial charge in [-0.05, 0) is 24.3 Å². The number of nitrogens with zero attached hydrogens (tertiary/aromatic N) is 3. The van der Waals surface area contributed by atoms with E-state index in [1.807, 2.05) is 0 Å². The molecule has 0 unspecified atom stereocenters. The summed E-state index contributed by atoms with van der Waals surface area (Å²) < 4.78 is 47.7. The molecule has 0 saturated heterocycles. The number of fused-ring (bicyclic) bond motifs is 1. The largest absolute Gasteiger partial charge is 0.265 e. The molecule has 1 N–H and O–H groups in total. The maximum atomic E-state index is 13.0. The summed E-state index contributed by atoms with van der Waals surface area (Å²) in [6, 6.07) is 8.50. The van der Waals surface area contributed by atoms with Gasteiger partial charge < -0.3 is 0 Å². The average Bonchev–Trinajstić information content (AvgIpc) is 2.85. The molecule has 2 heterocycles. The van der Waals surface area contributed by atoms with E-state index in [9.17, 15) is 12.8 Å². The number of benzene rings is 1. The SMILES string of the molecule is O=S(=O)(Nc1cccc(F)n1)c1cccc2c1N=S=N2. The molecular formula is C11H7FN4O2S2. The molecule has 6 nitrogen and oxygen atoms in total. The van der Waals surface area contributed by atoms with E-state index in [-0.39, 0.29) is 16.4 Å². The summed E-state index contributed by atoms with van der Waals surface area (Å²) in [4.78, 5) is 3.44. The first-order valence-corrected chi connectivity index (χ1v) is 7.64. The van der Waals surface area contributed by atoms with Crippen LogP contribution in [0.2, 0.25) is 0 Å². The fourth-order valence-electron chi connectivity index (χ4n) is 1.66. The topological polar surface area (TPSA) is 83.8 Å². The minimum absolute atomic E-state index is 0.0187. The molecule has 0 saturated carbocycles. The quantitative estimate of drug-likeness (QED) is 0.755. The highest BCUT2D eigenvalue weighted by Crippen LogP contribution is 2.37. The van der Waals surface area contributed by atoms with Crippen molar-refractivity contribution in [3.05, 3.63) is 42.3 Å². The maximum absolute atomic E-state index is 13.0. The Morgan fingerprint density at radius 2 is 1.90 bits per heavy atom. The third-order valence-electron chi connectivity index (χ3n) is 2.49. The van der Waals surface area contributed by atoms with Gasteiger partial charge in [-0.2, -0.15) is 13.1 Å². The van der Waals surface area contributed by atoms with Crippen molar-refractivity contribution in [3.63, 3.8) is 0 Å². The van der Waals surface area contributed by atoms with Crippen LogP contribution in [0.25, 0.3) is 0 Å². The molecule has 9 heteroatoms. The van der Waals surface area contributed by atoms with Crippen molar-refractivity contribution in [2.24, 2.45) is 8.73 Å². The summed E-state index contributed by atoms with van der Waals surface area (Å²) in [7, 11) is -3.90. The molecule has 1 aromatic heterocycles. The molecule has 102 valence electrons. The second-order valence-corrected chi connectivity index (χ2v) is 6.02. The number of hydrogen-bond acceptors (Lipinski definition) is 5. The lowest BCUT2D eigenvalue weighted by Gasteiger charge is -2.08. The number of hydrogen-bond donors (Lipinski definition) is 1. The van der Waals surface area contributed by atoms with Gasteiger partial charge in [0, 0.05) is 0 Å². The van der Waals surface area contributed by atoms with Crippen molar-refractivity contribution in [1.82, 2.24) is 4.98 Å². The second-order valence-electron chi connectivity index (χ2n) is 3.84. The van der Waals surface area contributed by atoms with Crippen molar-refractivity contribution in [2.75, 3.05) is 4.72 Å². The lowest BCUT2D eigenvalue weighted by molar-refractivity contribution is 0.584. The number of aromatic nitrogens is 1. The fourth-order valence-corrected chi connectivity index (χ4v) is 3.42. The van der Waals surface area contributed by atoms with Crippen molar-refractivity contribution >= 4 is 38.6 Å². The second kappa shape index (κ2) is 4.76. The summed E-state index contributed by atoms with van der Waals surface area (Å²) in [6.07, 6.45) is 0. The fraction of sp³-hybridized carbons (Fsp3) is 0. The van der Waals surface area contributed by atoms with Gasteiger partial charge in [-0.3, -0.25) is 4.72 Å². The van der Waals surface area contributed by atoms with Crippen LogP contribution in [0.15, 0.2) is 50.0 Å². The Labute approximate surface area is 117 Å². The van der Waals surface area contributed by atoms with Gasteiger partial charge in [0.15, 0.2) is 0 Å². The molecular weight excluding hydrogens is 303 g/mol. The zero-order chi connectivity index (χ0) is 14.2. The van der Waals surface area contributed by atoms with E-state index in [0.717, 1.165) is 17.4 Å².